The van der Waals surface area contributed by atoms with Gasteiger partial charge in [0.1, 0.15) is 6.61 Å². The zero-order valence-electron chi connectivity index (χ0n) is 11.6. The molecule has 0 fully saturated rings. The third-order valence-corrected chi connectivity index (χ3v) is 2.88. The van der Waals surface area contributed by atoms with Crippen molar-refractivity contribution in [3.63, 3.8) is 0 Å². The maximum Gasteiger partial charge on any atom is 0.264 e. The van der Waals surface area contributed by atoms with E-state index in [0.29, 0.717) is 5.69 Å². The van der Waals surface area contributed by atoms with Gasteiger partial charge >= 0.3 is 0 Å². The van der Waals surface area contributed by atoms with Crippen molar-refractivity contribution in [2.45, 2.75) is 26.3 Å². The Morgan fingerprint density at radius 3 is 2.16 bits per heavy atom. The maximum atomic E-state index is 12.2. The minimum atomic E-state index is -3.63. The lowest BCUT2D eigenvalue weighted by atomic mass is 10.0. The van der Waals surface area contributed by atoms with Gasteiger partial charge in [-0.2, -0.15) is 8.42 Å². The first-order chi connectivity index (χ1) is 8.61. The average Bonchev–Trinajstić information content (AvgIpc) is 2.25. The fraction of sp³-hybridized carbons (Fsp3) is 0.462. The van der Waals surface area contributed by atoms with Crippen LogP contribution in [0.2, 0.25) is 0 Å². The quantitative estimate of drug-likeness (QED) is 0.791. The zero-order valence-corrected chi connectivity index (χ0v) is 12.4. The highest BCUT2D eigenvalue weighted by Crippen LogP contribution is 2.23. The van der Waals surface area contributed by atoms with E-state index in [1.807, 2.05) is 39.0 Å². The molecular formula is C13H19NO4S. The number of carbonyl (C=O) groups excluding carboxylic acids is 1. The SMILES string of the molecule is CC(C)(C)N(C(=O)COS(C)(=O)=O)c1ccccc1. The Morgan fingerprint density at radius 1 is 1.21 bits per heavy atom. The first kappa shape index (κ1) is 15.7. The van der Waals surface area contributed by atoms with Crippen LogP contribution < -0.4 is 4.90 Å². The number of carbonyl (C=O) groups is 1. The third kappa shape index (κ3) is 5.00. The Bertz CT molecular complexity index is 532. The van der Waals surface area contributed by atoms with Crippen molar-refractivity contribution in [1.29, 1.82) is 0 Å². The van der Waals surface area contributed by atoms with Crippen LogP contribution in [0.3, 0.4) is 0 Å². The highest BCUT2D eigenvalue weighted by molar-refractivity contribution is 7.86. The minimum absolute atomic E-state index is 0.399. The van der Waals surface area contributed by atoms with Crippen LogP contribution in [0.1, 0.15) is 20.8 Å². The molecule has 0 saturated heterocycles. The van der Waals surface area contributed by atoms with Gasteiger partial charge in [0.15, 0.2) is 0 Å². The predicted octanol–water partition coefficient (Wildman–Crippen LogP) is 1.79. The summed E-state index contributed by atoms with van der Waals surface area (Å²) in [6.45, 7) is 5.13. The van der Waals surface area contributed by atoms with E-state index >= 15 is 0 Å². The van der Waals surface area contributed by atoms with Crippen LogP contribution >= 0.6 is 0 Å². The molecule has 0 aliphatic carbocycles. The molecule has 1 rings (SSSR count). The summed E-state index contributed by atoms with van der Waals surface area (Å²) in [6.07, 6.45) is 0.921. The van der Waals surface area contributed by atoms with Crippen LogP contribution in [-0.2, 0) is 19.1 Å². The molecule has 5 nitrogen and oxygen atoms in total. The van der Waals surface area contributed by atoms with Crippen LogP contribution in [-0.4, -0.2) is 32.7 Å². The average molecular weight is 285 g/mol. The summed E-state index contributed by atoms with van der Waals surface area (Å²) in [4.78, 5) is 13.7. The number of para-hydroxylation sites is 1. The Balaban J connectivity index is 2.97. The molecule has 0 radical (unpaired) electrons. The van der Waals surface area contributed by atoms with E-state index < -0.39 is 28.2 Å². The minimum Gasteiger partial charge on any atom is -0.305 e. The van der Waals surface area contributed by atoms with Gasteiger partial charge in [-0.05, 0) is 32.9 Å². The first-order valence-electron chi connectivity index (χ1n) is 5.84. The van der Waals surface area contributed by atoms with E-state index in [1.165, 1.54) is 4.90 Å². The Labute approximate surface area is 114 Å². The Kier molecular flexibility index (Phi) is 4.70. The summed E-state index contributed by atoms with van der Waals surface area (Å²) in [6, 6.07) is 9.08. The van der Waals surface area contributed by atoms with Crippen molar-refractivity contribution in [3.8, 4) is 0 Å². The topological polar surface area (TPSA) is 63.7 Å². The molecule has 0 N–H and O–H groups in total. The highest BCUT2D eigenvalue weighted by Gasteiger charge is 2.28. The number of benzene rings is 1. The first-order valence-corrected chi connectivity index (χ1v) is 7.65. The second-order valence-electron chi connectivity index (χ2n) is 5.20. The van der Waals surface area contributed by atoms with Crippen molar-refractivity contribution in [2.75, 3.05) is 17.8 Å². The van der Waals surface area contributed by atoms with Crippen LogP contribution in [0.15, 0.2) is 30.3 Å². The van der Waals surface area contributed by atoms with Crippen molar-refractivity contribution in [1.82, 2.24) is 0 Å². The smallest absolute Gasteiger partial charge is 0.264 e. The van der Waals surface area contributed by atoms with Crippen LogP contribution in [0.25, 0.3) is 0 Å². The van der Waals surface area contributed by atoms with Gasteiger partial charge in [-0.15, -0.1) is 0 Å². The predicted molar refractivity (Wildman–Crippen MR) is 74.5 cm³/mol. The molecule has 1 aromatic rings. The highest BCUT2D eigenvalue weighted by atomic mass is 32.2. The fourth-order valence-corrected chi connectivity index (χ4v) is 2.02. The summed E-state index contributed by atoms with van der Waals surface area (Å²) in [5.74, 6) is -0.399. The number of anilines is 1. The lowest BCUT2D eigenvalue weighted by Crippen LogP contribution is -2.47. The third-order valence-electron chi connectivity index (χ3n) is 2.33. The summed E-state index contributed by atoms with van der Waals surface area (Å²) in [5.41, 5.74) is 0.233. The molecule has 0 saturated carbocycles. The maximum absolute atomic E-state index is 12.2. The number of hydrogen-bond acceptors (Lipinski definition) is 4. The molecule has 0 atom stereocenters. The number of hydrogen-bond donors (Lipinski definition) is 0. The molecule has 1 aromatic carbocycles. The van der Waals surface area contributed by atoms with E-state index in [9.17, 15) is 13.2 Å². The molecule has 0 heterocycles. The van der Waals surface area contributed by atoms with Gasteiger partial charge in [0, 0.05) is 11.2 Å². The van der Waals surface area contributed by atoms with Gasteiger partial charge in [0.2, 0.25) is 0 Å². The van der Waals surface area contributed by atoms with Crippen molar-refractivity contribution >= 4 is 21.7 Å². The van der Waals surface area contributed by atoms with E-state index in [0.717, 1.165) is 6.26 Å². The van der Waals surface area contributed by atoms with E-state index in [1.54, 1.807) is 12.1 Å². The summed E-state index contributed by atoms with van der Waals surface area (Å²) in [5, 5.41) is 0. The molecule has 6 heteroatoms. The van der Waals surface area contributed by atoms with Gasteiger partial charge in [-0.3, -0.25) is 8.98 Å². The molecule has 0 aliphatic rings. The monoisotopic (exact) mass is 285 g/mol. The lowest BCUT2D eigenvalue weighted by molar-refractivity contribution is -0.121. The second kappa shape index (κ2) is 5.71. The summed E-state index contributed by atoms with van der Waals surface area (Å²) in [7, 11) is -3.63. The second-order valence-corrected chi connectivity index (χ2v) is 6.85. The zero-order chi connectivity index (χ0) is 14.7. The fourth-order valence-electron chi connectivity index (χ4n) is 1.70. The number of rotatable bonds is 4. The number of amides is 1. The van der Waals surface area contributed by atoms with Crippen molar-refractivity contribution in [3.05, 3.63) is 30.3 Å². The lowest BCUT2D eigenvalue weighted by Gasteiger charge is -2.35. The van der Waals surface area contributed by atoms with Crippen molar-refractivity contribution < 1.29 is 17.4 Å². The standard InChI is InChI=1S/C13H19NO4S/c1-13(2,3)14(11-8-6-5-7-9-11)12(15)10-18-19(4,16)17/h5-9H,10H2,1-4H3. The largest absolute Gasteiger partial charge is 0.305 e. The molecule has 0 aliphatic heterocycles. The van der Waals surface area contributed by atoms with Crippen LogP contribution in [0.5, 0.6) is 0 Å². The van der Waals surface area contributed by atoms with Gasteiger partial charge in [0.05, 0.1) is 6.26 Å². The van der Waals surface area contributed by atoms with Crippen LogP contribution in [0.4, 0.5) is 5.69 Å². The molecular weight excluding hydrogens is 266 g/mol. The molecule has 106 valence electrons. The molecule has 0 spiro atoms. The molecule has 0 bridgehead atoms. The normalized spacial score (nSPS) is 12.2. The summed E-state index contributed by atoms with van der Waals surface area (Å²) >= 11 is 0. The Morgan fingerprint density at radius 2 is 1.74 bits per heavy atom. The van der Waals surface area contributed by atoms with E-state index in [-0.39, 0.29) is 0 Å². The molecule has 19 heavy (non-hydrogen) atoms. The number of nitrogens with zero attached hydrogens (tertiary/aromatic N) is 1. The van der Waals surface area contributed by atoms with Gasteiger partial charge < -0.3 is 4.90 Å². The van der Waals surface area contributed by atoms with Crippen molar-refractivity contribution in [2.24, 2.45) is 0 Å². The molecule has 0 aromatic heterocycles. The Hall–Kier alpha value is -1.40. The van der Waals surface area contributed by atoms with Gasteiger partial charge in [-0.25, -0.2) is 0 Å². The summed E-state index contributed by atoms with van der Waals surface area (Å²) < 4.78 is 26.5. The van der Waals surface area contributed by atoms with E-state index in [4.69, 9.17) is 0 Å². The van der Waals surface area contributed by atoms with Gasteiger partial charge in [-0.1, -0.05) is 18.2 Å². The van der Waals surface area contributed by atoms with Crippen LogP contribution in [0, 0.1) is 0 Å². The molecule has 0 unspecified atom stereocenters. The molecule has 1 amide bonds. The van der Waals surface area contributed by atoms with E-state index in [2.05, 4.69) is 4.18 Å². The van der Waals surface area contributed by atoms with Gasteiger partial charge in [0.25, 0.3) is 16.0 Å².